The number of carbonyl (C=O) groups is 3. The first-order chi connectivity index (χ1) is 9.20. The number of nitrogens with zero attached hydrogens (tertiary/aromatic N) is 1. The highest BCUT2D eigenvalue weighted by atomic mass is 16.4. The number of hydrogen-bond donors (Lipinski definition) is 2. The third-order valence-corrected chi connectivity index (χ3v) is 3.16. The van der Waals surface area contributed by atoms with Crippen LogP contribution in [-0.4, -0.2) is 32.9 Å². The standard InChI is InChI=1S/C14H18N2O4/c1-14(2,3)15-12(18)11(17)8-7-16-6-4-5-9(16)10(8)13(19)20/h7H,4-6H2,1-3H3,(H,15,18)(H,19,20). The number of Topliss-reactive ketones (excluding diaryl/α,β-unsaturated/α-hetero) is 1. The van der Waals surface area contributed by atoms with Crippen molar-refractivity contribution in [3.8, 4) is 0 Å². The number of carboxylic acid groups (broad SMARTS) is 1. The van der Waals surface area contributed by atoms with Gasteiger partial charge < -0.3 is 15.0 Å². The number of ketones is 1. The lowest BCUT2D eigenvalue weighted by Crippen LogP contribution is -2.44. The molecule has 0 unspecified atom stereocenters. The van der Waals surface area contributed by atoms with Gasteiger partial charge in [-0.2, -0.15) is 0 Å². The number of fused-ring (bicyclic) bond motifs is 1. The molecule has 1 amide bonds. The summed E-state index contributed by atoms with van der Waals surface area (Å²) in [6.07, 6.45) is 2.96. The molecule has 1 aliphatic heterocycles. The van der Waals surface area contributed by atoms with Crippen molar-refractivity contribution in [2.75, 3.05) is 0 Å². The van der Waals surface area contributed by atoms with Gasteiger partial charge >= 0.3 is 5.97 Å². The monoisotopic (exact) mass is 278 g/mol. The maximum atomic E-state index is 12.2. The molecule has 0 atom stereocenters. The van der Waals surface area contributed by atoms with Crippen LogP contribution in [0.4, 0.5) is 0 Å². The highest BCUT2D eigenvalue weighted by molar-refractivity contribution is 6.44. The van der Waals surface area contributed by atoms with E-state index in [1.54, 1.807) is 25.3 Å². The minimum Gasteiger partial charge on any atom is -0.478 e. The molecule has 0 spiro atoms. The van der Waals surface area contributed by atoms with Crippen molar-refractivity contribution in [1.29, 1.82) is 0 Å². The third kappa shape index (κ3) is 2.59. The fraction of sp³-hybridized carbons (Fsp3) is 0.500. The fourth-order valence-electron chi connectivity index (χ4n) is 2.41. The van der Waals surface area contributed by atoms with Gasteiger partial charge in [0.05, 0.1) is 11.1 Å². The first-order valence-corrected chi connectivity index (χ1v) is 6.53. The number of hydrogen-bond acceptors (Lipinski definition) is 3. The van der Waals surface area contributed by atoms with Gasteiger partial charge in [-0.3, -0.25) is 9.59 Å². The van der Waals surface area contributed by atoms with Crippen molar-refractivity contribution in [3.05, 3.63) is 23.0 Å². The van der Waals surface area contributed by atoms with E-state index in [1.807, 2.05) is 0 Å². The molecule has 0 aliphatic carbocycles. The molecule has 6 nitrogen and oxygen atoms in total. The molecule has 108 valence electrons. The number of carbonyl (C=O) groups excluding carboxylic acids is 2. The van der Waals surface area contributed by atoms with Gasteiger partial charge in [0, 0.05) is 24.0 Å². The van der Waals surface area contributed by atoms with E-state index in [0.29, 0.717) is 18.7 Å². The first-order valence-electron chi connectivity index (χ1n) is 6.53. The summed E-state index contributed by atoms with van der Waals surface area (Å²) in [4.78, 5) is 35.4. The zero-order valence-electron chi connectivity index (χ0n) is 11.8. The number of aryl methyl sites for hydroxylation is 1. The fourth-order valence-corrected chi connectivity index (χ4v) is 2.41. The number of amides is 1. The Labute approximate surface area is 116 Å². The summed E-state index contributed by atoms with van der Waals surface area (Å²) in [5.74, 6) is -2.73. The highest BCUT2D eigenvalue weighted by Crippen LogP contribution is 2.25. The van der Waals surface area contributed by atoms with Gasteiger partial charge in [0.25, 0.3) is 11.7 Å². The van der Waals surface area contributed by atoms with E-state index < -0.39 is 23.2 Å². The minimum absolute atomic E-state index is 0.0195. The van der Waals surface area contributed by atoms with Gasteiger partial charge in [-0.15, -0.1) is 0 Å². The maximum Gasteiger partial charge on any atom is 0.338 e. The van der Waals surface area contributed by atoms with Gasteiger partial charge in [0.2, 0.25) is 0 Å². The molecule has 1 aliphatic rings. The van der Waals surface area contributed by atoms with Crippen molar-refractivity contribution in [3.63, 3.8) is 0 Å². The van der Waals surface area contributed by atoms with Crippen LogP contribution in [0.1, 0.15) is 53.6 Å². The quantitative estimate of drug-likeness (QED) is 0.643. The number of aromatic nitrogens is 1. The Morgan fingerprint density at radius 2 is 1.95 bits per heavy atom. The molecule has 0 fully saturated rings. The molecule has 2 rings (SSSR count). The number of rotatable bonds is 3. The topological polar surface area (TPSA) is 88.4 Å². The van der Waals surface area contributed by atoms with E-state index in [-0.39, 0.29) is 11.1 Å². The summed E-state index contributed by atoms with van der Waals surface area (Å²) < 4.78 is 1.75. The molecule has 0 bridgehead atoms. The Hall–Kier alpha value is -2.11. The molecule has 0 saturated carbocycles. The lowest BCUT2D eigenvalue weighted by atomic mass is 10.0. The van der Waals surface area contributed by atoms with Crippen LogP contribution in [0.25, 0.3) is 0 Å². The van der Waals surface area contributed by atoms with E-state index in [9.17, 15) is 19.5 Å². The van der Waals surface area contributed by atoms with Crippen LogP contribution in [0.15, 0.2) is 6.20 Å². The van der Waals surface area contributed by atoms with Crippen molar-refractivity contribution < 1.29 is 19.5 Å². The predicted molar refractivity (Wildman–Crippen MR) is 71.9 cm³/mol. The Morgan fingerprint density at radius 1 is 1.30 bits per heavy atom. The van der Waals surface area contributed by atoms with Crippen LogP contribution in [0.5, 0.6) is 0 Å². The maximum absolute atomic E-state index is 12.2. The van der Waals surface area contributed by atoms with Gasteiger partial charge in [-0.25, -0.2) is 4.79 Å². The summed E-state index contributed by atoms with van der Waals surface area (Å²) in [5, 5.41) is 11.8. The summed E-state index contributed by atoms with van der Waals surface area (Å²) in [6.45, 7) is 5.96. The normalized spacial score (nSPS) is 13.9. The molecule has 0 aromatic carbocycles. The van der Waals surface area contributed by atoms with E-state index in [0.717, 1.165) is 6.42 Å². The Balaban J connectivity index is 2.36. The molecular weight excluding hydrogens is 260 g/mol. The molecule has 2 N–H and O–H groups in total. The summed E-state index contributed by atoms with van der Waals surface area (Å²) >= 11 is 0. The van der Waals surface area contributed by atoms with Gasteiger partial charge in [0.1, 0.15) is 0 Å². The van der Waals surface area contributed by atoms with Gasteiger partial charge in [-0.05, 0) is 33.6 Å². The molecular formula is C14H18N2O4. The zero-order valence-corrected chi connectivity index (χ0v) is 11.8. The van der Waals surface area contributed by atoms with Crippen molar-refractivity contribution in [2.45, 2.75) is 45.7 Å². The van der Waals surface area contributed by atoms with Crippen LogP contribution in [0, 0.1) is 0 Å². The number of nitrogens with one attached hydrogen (secondary N) is 1. The molecule has 2 heterocycles. The van der Waals surface area contributed by atoms with E-state index >= 15 is 0 Å². The molecule has 0 saturated heterocycles. The average Bonchev–Trinajstić information content (AvgIpc) is 2.83. The largest absolute Gasteiger partial charge is 0.478 e. The summed E-state index contributed by atoms with van der Waals surface area (Å²) in [7, 11) is 0. The van der Waals surface area contributed by atoms with Gasteiger partial charge in [0.15, 0.2) is 0 Å². The average molecular weight is 278 g/mol. The van der Waals surface area contributed by atoms with E-state index in [4.69, 9.17) is 0 Å². The predicted octanol–water partition coefficient (Wildman–Crippen LogP) is 1.23. The summed E-state index contributed by atoms with van der Waals surface area (Å²) in [5.41, 5.74) is 0.0356. The Bertz CT molecular complexity index is 593. The summed E-state index contributed by atoms with van der Waals surface area (Å²) in [6, 6.07) is 0. The van der Waals surface area contributed by atoms with Crippen molar-refractivity contribution >= 4 is 17.7 Å². The van der Waals surface area contributed by atoms with E-state index in [1.165, 1.54) is 6.20 Å². The smallest absolute Gasteiger partial charge is 0.338 e. The van der Waals surface area contributed by atoms with Crippen molar-refractivity contribution in [2.24, 2.45) is 0 Å². The number of aromatic carboxylic acids is 1. The van der Waals surface area contributed by atoms with Crippen LogP contribution in [-0.2, 0) is 17.8 Å². The second kappa shape index (κ2) is 4.77. The van der Waals surface area contributed by atoms with Crippen LogP contribution >= 0.6 is 0 Å². The van der Waals surface area contributed by atoms with Crippen LogP contribution < -0.4 is 5.32 Å². The molecule has 0 radical (unpaired) electrons. The SMILES string of the molecule is CC(C)(C)NC(=O)C(=O)c1cn2c(c1C(=O)O)CCC2. The molecule has 1 aromatic rings. The lowest BCUT2D eigenvalue weighted by molar-refractivity contribution is -0.118. The van der Waals surface area contributed by atoms with Crippen molar-refractivity contribution in [1.82, 2.24) is 9.88 Å². The number of carboxylic acids is 1. The Kier molecular flexibility index (Phi) is 3.41. The zero-order chi connectivity index (χ0) is 15.1. The van der Waals surface area contributed by atoms with Crippen LogP contribution in [0.2, 0.25) is 0 Å². The molecule has 20 heavy (non-hydrogen) atoms. The molecule has 6 heteroatoms. The second-order valence-electron chi connectivity index (χ2n) is 6.00. The van der Waals surface area contributed by atoms with E-state index in [2.05, 4.69) is 5.32 Å². The van der Waals surface area contributed by atoms with Crippen LogP contribution in [0.3, 0.4) is 0 Å². The second-order valence-corrected chi connectivity index (χ2v) is 6.00. The molecule has 1 aromatic heterocycles. The third-order valence-electron chi connectivity index (χ3n) is 3.16. The highest BCUT2D eigenvalue weighted by Gasteiger charge is 2.31. The van der Waals surface area contributed by atoms with Gasteiger partial charge in [-0.1, -0.05) is 0 Å². The Morgan fingerprint density at radius 3 is 2.50 bits per heavy atom. The lowest BCUT2D eigenvalue weighted by Gasteiger charge is -2.19. The first kappa shape index (κ1) is 14.3. The minimum atomic E-state index is -1.16.